The lowest BCUT2D eigenvalue weighted by atomic mass is 9.94. The van der Waals surface area contributed by atoms with Crippen molar-refractivity contribution in [3.05, 3.63) is 105 Å². The molecule has 0 aliphatic heterocycles. The lowest BCUT2D eigenvalue weighted by Gasteiger charge is -2.33. The number of aryl methyl sites for hydroxylation is 2. The Balaban J connectivity index is 1.59. The molecule has 40 heavy (non-hydrogen) atoms. The topological polar surface area (TPSA) is 49.4 Å². The van der Waals surface area contributed by atoms with Crippen molar-refractivity contribution < 1.29 is 9.59 Å². The van der Waals surface area contributed by atoms with E-state index >= 15 is 0 Å². The maximum absolute atomic E-state index is 13.9. The number of amides is 2. The van der Waals surface area contributed by atoms with Gasteiger partial charge in [-0.2, -0.15) is 0 Å². The molecule has 3 aromatic carbocycles. The standard InChI is InChI=1S/C33H38Cl2N2O2S/c1-23-15-24(2)17-26(16-23)21-40-22-32(38)37(20-27-13-14-28(34)19-30(27)35)31(18-25-9-5-3-6-10-25)33(39)36-29-11-7-4-8-12-29/h3,5-6,9-10,13-17,19,29,31H,4,7-8,11-12,18,20-22H2,1-2H3,(H,36,39). The van der Waals surface area contributed by atoms with E-state index in [1.807, 2.05) is 36.4 Å². The summed E-state index contributed by atoms with van der Waals surface area (Å²) in [4.78, 5) is 29.5. The second kappa shape index (κ2) is 15.0. The molecule has 0 aromatic heterocycles. The number of hydrogen-bond donors (Lipinski definition) is 1. The van der Waals surface area contributed by atoms with E-state index in [1.165, 1.54) is 23.1 Å². The first-order valence-corrected chi connectivity index (χ1v) is 15.9. The van der Waals surface area contributed by atoms with Gasteiger partial charge in [-0.15, -0.1) is 11.8 Å². The second-order valence-corrected chi connectivity index (χ2v) is 12.6. The predicted octanol–water partition coefficient (Wildman–Crippen LogP) is 7.93. The molecule has 1 saturated carbocycles. The molecule has 0 spiro atoms. The molecule has 7 heteroatoms. The van der Waals surface area contributed by atoms with E-state index in [0.29, 0.717) is 16.5 Å². The number of rotatable bonds is 11. The van der Waals surface area contributed by atoms with Crippen LogP contribution in [0.1, 0.15) is 59.9 Å². The van der Waals surface area contributed by atoms with Crippen LogP contribution in [0.4, 0.5) is 0 Å². The maximum atomic E-state index is 13.9. The van der Waals surface area contributed by atoms with E-state index < -0.39 is 6.04 Å². The zero-order valence-corrected chi connectivity index (χ0v) is 25.6. The van der Waals surface area contributed by atoms with Gasteiger partial charge in [0.25, 0.3) is 0 Å². The molecule has 2 amide bonds. The quantitative estimate of drug-likeness (QED) is 0.244. The third-order valence-electron chi connectivity index (χ3n) is 7.35. The minimum absolute atomic E-state index is 0.0832. The van der Waals surface area contributed by atoms with Crippen LogP contribution in [0, 0.1) is 13.8 Å². The van der Waals surface area contributed by atoms with E-state index in [-0.39, 0.29) is 30.2 Å². The van der Waals surface area contributed by atoms with E-state index in [1.54, 1.807) is 28.8 Å². The van der Waals surface area contributed by atoms with Crippen LogP contribution in [0.2, 0.25) is 10.0 Å². The first-order valence-electron chi connectivity index (χ1n) is 14.0. The molecule has 1 unspecified atom stereocenters. The Morgan fingerprint density at radius 1 is 0.925 bits per heavy atom. The molecule has 0 radical (unpaired) electrons. The van der Waals surface area contributed by atoms with E-state index in [0.717, 1.165) is 42.6 Å². The number of carbonyl (C=O) groups is 2. The molecule has 1 N–H and O–H groups in total. The van der Waals surface area contributed by atoms with E-state index in [2.05, 4.69) is 37.4 Å². The van der Waals surface area contributed by atoms with Crippen molar-refractivity contribution in [1.29, 1.82) is 0 Å². The van der Waals surface area contributed by atoms with Crippen molar-refractivity contribution >= 4 is 46.8 Å². The normalized spacial score (nSPS) is 14.5. The maximum Gasteiger partial charge on any atom is 0.243 e. The summed E-state index contributed by atoms with van der Waals surface area (Å²) in [7, 11) is 0. The molecule has 0 bridgehead atoms. The number of hydrogen-bond acceptors (Lipinski definition) is 3. The highest BCUT2D eigenvalue weighted by atomic mass is 35.5. The second-order valence-electron chi connectivity index (χ2n) is 10.8. The summed E-state index contributed by atoms with van der Waals surface area (Å²) in [5, 5.41) is 4.30. The third kappa shape index (κ3) is 9.02. The van der Waals surface area contributed by atoms with Crippen molar-refractivity contribution in [3.8, 4) is 0 Å². The molecule has 1 aliphatic carbocycles. The summed E-state index contributed by atoms with van der Waals surface area (Å²) in [5.41, 5.74) is 5.39. The van der Waals surface area contributed by atoms with Crippen LogP contribution in [0.5, 0.6) is 0 Å². The fourth-order valence-electron chi connectivity index (χ4n) is 5.42. The Kier molecular flexibility index (Phi) is 11.4. The average molecular weight is 598 g/mol. The Hall–Kier alpha value is -2.47. The Labute approximate surface area is 252 Å². The molecule has 212 valence electrons. The first kappa shape index (κ1) is 30.5. The zero-order chi connectivity index (χ0) is 28.5. The van der Waals surface area contributed by atoms with Gasteiger partial charge in [0.15, 0.2) is 0 Å². The van der Waals surface area contributed by atoms with Crippen molar-refractivity contribution in [2.24, 2.45) is 0 Å². The van der Waals surface area contributed by atoms with Crippen molar-refractivity contribution in [3.63, 3.8) is 0 Å². The summed E-state index contributed by atoms with van der Waals surface area (Å²) >= 11 is 14.3. The van der Waals surface area contributed by atoms with Crippen molar-refractivity contribution in [2.45, 2.75) is 76.8 Å². The van der Waals surface area contributed by atoms with Gasteiger partial charge in [-0.1, -0.05) is 108 Å². The average Bonchev–Trinajstić information content (AvgIpc) is 2.92. The van der Waals surface area contributed by atoms with Crippen LogP contribution >= 0.6 is 35.0 Å². The molecule has 0 saturated heterocycles. The molecule has 3 aromatic rings. The van der Waals surface area contributed by atoms with Crippen LogP contribution in [0.3, 0.4) is 0 Å². The largest absolute Gasteiger partial charge is 0.352 e. The SMILES string of the molecule is Cc1cc(C)cc(CSCC(=O)N(Cc2ccc(Cl)cc2Cl)C(Cc2ccccc2)C(=O)NC2CCCCC2)c1. The summed E-state index contributed by atoms with van der Waals surface area (Å²) in [5.74, 6) is 0.801. The summed E-state index contributed by atoms with van der Waals surface area (Å²) in [6, 6.07) is 21.2. The Morgan fingerprint density at radius 3 is 2.30 bits per heavy atom. The highest BCUT2D eigenvalue weighted by Crippen LogP contribution is 2.26. The Morgan fingerprint density at radius 2 is 1.62 bits per heavy atom. The summed E-state index contributed by atoms with van der Waals surface area (Å²) < 4.78 is 0. The third-order valence-corrected chi connectivity index (χ3v) is 8.93. The number of carbonyl (C=O) groups excluding carboxylic acids is 2. The number of benzene rings is 3. The molecule has 1 atom stereocenters. The monoisotopic (exact) mass is 596 g/mol. The van der Waals surface area contributed by atoms with Gasteiger partial charge in [-0.05, 0) is 55.5 Å². The molecular weight excluding hydrogens is 559 g/mol. The predicted molar refractivity (Wildman–Crippen MR) is 168 cm³/mol. The van der Waals surface area contributed by atoms with Gasteiger partial charge in [-0.25, -0.2) is 0 Å². The fraction of sp³-hybridized carbons (Fsp3) is 0.394. The molecule has 1 fully saturated rings. The van der Waals surface area contributed by atoms with Crippen LogP contribution in [0.15, 0.2) is 66.7 Å². The van der Waals surface area contributed by atoms with Gasteiger partial charge in [-0.3, -0.25) is 9.59 Å². The van der Waals surface area contributed by atoms with Gasteiger partial charge >= 0.3 is 0 Å². The van der Waals surface area contributed by atoms with Crippen LogP contribution in [-0.2, 0) is 28.3 Å². The van der Waals surface area contributed by atoms with Gasteiger partial charge in [0.2, 0.25) is 11.8 Å². The lowest BCUT2D eigenvalue weighted by molar-refractivity contribution is -0.139. The molecule has 1 aliphatic rings. The highest BCUT2D eigenvalue weighted by Gasteiger charge is 2.32. The zero-order valence-electron chi connectivity index (χ0n) is 23.3. The summed E-state index contributed by atoms with van der Waals surface area (Å²) in [6.07, 6.45) is 5.83. The van der Waals surface area contributed by atoms with E-state index in [4.69, 9.17) is 23.2 Å². The van der Waals surface area contributed by atoms with E-state index in [9.17, 15) is 9.59 Å². The van der Waals surface area contributed by atoms with Crippen LogP contribution in [-0.4, -0.2) is 34.6 Å². The van der Waals surface area contributed by atoms with Crippen LogP contribution < -0.4 is 5.32 Å². The lowest BCUT2D eigenvalue weighted by Crippen LogP contribution is -2.53. The number of thioether (sulfide) groups is 1. The number of nitrogens with zero attached hydrogens (tertiary/aromatic N) is 1. The molecular formula is C33H38Cl2N2O2S. The molecule has 0 heterocycles. The van der Waals surface area contributed by atoms with Gasteiger partial charge < -0.3 is 10.2 Å². The highest BCUT2D eigenvalue weighted by molar-refractivity contribution is 7.99. The van der Waals surface area contributed by atoms with Crippen LogP contribution in [0.25, 0.3) is 0 Å². The minimum Gasteiger partial charge on any atom is -0.352 e. The van der Waals surface area contributed by atoms with Gasteiger partial charge in [0.05, 0.1) is 5.75 Å². The number of halogens is 2. The fourth-order valence-corrected chi connectivity index (χ4v) is 6.74. The van der Waals surface area contributed by atoms with Crippen molar-refractivity contribution in [1.82, 2.24) is 10.2 Å². The van der Waals surface area contributed by atoms with Gasteiger partial charge in [0.1, 0.15) is 6.04 Å². The smallest absolute Gasteiger partial charge is 0.243 e. The van der Waals surface area contributed by atoms with Gasteiger partial charge in [0, 0.05) is 34.8 Å². The molecule has 4 rings (SSSR count). The minimum atomic E-state index is -0.662. The first-order chi connectivity index (χ1) is 19.3. The Bertz CT molecular complexity index is 1270. The van der Waals surface area contributed by atoms with Crippen molar-refractivity contribution in [2.75, 3.05) is 5.75 Å². The number of nitrogens with one attached hydrogen (secondary N) is 1. The molecule has 4 nitrogen and oxygen atoms in total. The summed E-state index contributed by atoms with van der Waals surface area (Å²) in [6.45, 7) is 4.40.